The highest BCUT2D eigenvalue weighted by Crippen LogP contribution is 2.27. The number of rotatable bonds is 4. The molecule has 0 atom stereocenters. The highest BCUT2D eigenvalue weighted by Gasteiger charge is 2.28. The van der Waals surface area contributed by atoms with Gasteiger partial charge in [0.15, 0.2) is 0 Å². The van der Waals surface area contributed by atoms with Gasteiger partial charge in [-0.1, -0.05) is 22.0 Å². The molecule has 1 aromatic rings. The molecule has 0 aliphatic heterocycles. The van der Waals surface area contributed by atoms with Crippen molar-refractivity contribution >= 4 is 26.0 Å². The highest BCUT2D eigenvalue weighted by molar-refractivity contribution is 9.10. The van der Waals surface area contributed by atoms with Crippen molar-refractivity contribution in [3.05, 3.63) is 28.2 Å². The first kappa shape index (κ1) is 14.0. The maximum Gasteiger partial charge on any atom is 0.240 e. The minimum Gasteiger partial charge on any atom is -0.393 e. The fourth-order valence-electron chi connectivity index (χ4n) is 1.92. The topological polar surface area (TPSA) is 66.4 Å². The van der Waals surface area contributed by atoms with E-state index in [2.05, 4.69) is 20.7 Å². The van der Waals surface area contributed by atoms with Crippen LogP contribution in [0.1, 0.15) is 18.4 Å². The summed E-state index contributed by atoms with van der Waals surface area (Å²) in [5.74, 6) is 0.253. The molecule has 0 radical (unpaired) electrons. The number of nitrogens with one attached hydrogen (secondary N) is 1. The van der Waals surface area contributed by atoms with Gasteiger partial charge in [0.05, 0.1) is 11.0 Å². The summed E-state index contributed by atoms with van der Waals surface area (Å²) in [7, 11) is -3.45. The average molecular weight is 334 g/mol. The minimum atomic E-state index is -3.45. The third-order valence-electron chi connectivity index (χ3n) is 3.23. The molecule has 1 aliphatic carbocycles. The fraction of sp³-hybridized carbons (Fsp3) is 0.500. The van der Waals surface area contributed by atoms with Crippen LogP contribution in [0.2, 0.25) is 0 Å². The predicted molar refractivity (Wildman–Crippen MR) is 72.8 cm³/mol. The van der Waals surface area contributed by atoms with E-state index in [1.165, 1.54) is 0 Å². The van der Waals surface area contributed by atoms with Crippen LogP contribution < -0.4 is 4.72 Å². The second kappa shape index (κ2) is 5.28. The molecule has 6 heteroatoms. The number of aliphatic hydroxyl groups is 1. The lowest BCUT2D eigenvalue weighted by Crippen LogP contribution is -2.38. The first-order valence-corrected chi connectivity index (χ1v) is 8.10. The van der Waals surface area contributed by atoms with Crippen LogP contribution in [0.5, 0.6) is 0 Å². The molecule has 2 N–H and O–H groups in total. The number of benzene rings is 1. The Morgan fingerprint density at radius 3 is 2.67 bits per heavy atom. The standard InChI is InChI=1S/C12H16BrNO3S/c1-8-2-3-11(6-12(8)13)18(16,17)14-7-9-4-10(15)5-9/h2-3,6,9-10,14-15H,4-5,7H2,1H3. The molecule has 0 aromatic heterocycles. The summed E-state index contributed by atoms with van der Waals surface area (Å²) in [6.07, 6.45) is 1.10. The third kappa shape index (κ3) is 3.12. The normalized spacial score (nSPS) is 23.7. The maximum atomic E-state index is 12.0. The van der Waals surface area contributed by atoms with Gasteiger partial charge in [-0.25, -0.2) is 13.1 Å². The van der Waals surface area contributed by atoms with Crippen LogP contribution >= 0.6 is 15.9 Å². The van der Waals surface area contributed by atoms with Crippen LogP contribution in [0.25, 0.3) is 0 Å². The van der Waals surface area contributed by atoms with Gasteiger partial charge in [0.1, 0.15) is 0 Å². The molecule has 0 unspecified atom stereocenters. The van der Waals surface area contributed by atoms with Crippen LogP contribution in [0.15, 0.2) is 27.6 Å². The van der Waals surface area contributed by atoms with E-state index in [1.54, 1.807) is 18.2 Å². The third-order valence-corrected chi connectivity index (χ3v) is 5.50. The zero-order valence-electron chi connectivity index (χ0n) is 10.1. The smallest absolute Gasteiger partial charge is 0.240 e. The van der Waals surface area contributed by atoms with E-state index >= 15 is 0 Å². The van der Waals surface area contributed by atoms with Crippen LogP contribution in [-0.2, 0) is 10.0 Å². The lowest BCUT2D eigenvalue weighted by atomic mass is 9.83. The van der Waals surface area contributed by atoms with E-state index in [0.717, 1.165) is 10.0 Å². The molecule has 1 aromatic carbocycles. The molecular weight excluding hydrogens is 318 g/mol. The Labute approximate surface area is 116 Å². The zero-order chi connectivity index (χ0) is 13.3. The van der Waals surface area contributed by atoms with E-state index in [4.69, 9.17) is 5.11 Å². The monoisotopic (exact) mass is 333 g/mol. The van der Waals surface area contributed by atoms with E-state index < -0.39 is 10.0 Å². The molecule has 18 heavy (non-hydrogen) atoms. The van der Waals surface area contributed by atoms with Gasteiger partial charge in [0.2, 0.25) is 10.0 Å². The minimum absolute atomic E-state index is 0.253. The number of sulfonamides is 1. The van der Waals surface area contributed by atoms with E-state index in [1.807, 2.05) is 6.92 Å². The summed E-state index contributed by atoms with van der Waals surface area (Å²) in [4.78, 5) is 0.264. The molecule has 4 nitrogen and oxygen atoms in total. The molecular formula is C12H16BrNO3S. The van der Waals surface area contributed by atoms with Crippen LogP contribution in [0, 0.1) is 12.8 Å². The van der Waals surface area contributed by atoms with Crippen molar-refractivity contribution in [3.8, 4) is 0 Å². The second-order valence-electron chi connectivity index (χ2n) is 4.75. The lowest BCUT2D eigenvalue weighted by Gasteiger charge is -2.31. The SMILES string of the molecule is Cc1ccc(S(=O)(=O)NCC2CC(O)C2)cc1Br. The number of hydrogen-bond acceptors (Lipinski definition) is 3. The summed E-state index contributed by atoms with van der Waals surface area (Å²) >= 11 is 3.33. The first-order chi connectivity index (χ1) is 8.38. The largest absolute Gasteiger partial charge is 0.393 e. The molecule has 1 aliphatic rings. The summed E-state index contributed by atoms with van der Waals surface area (Å²) in [6.45, 7) is 2.30. The lowest BCUT2D eigenvalue weighted by molar-refractivity contribution is 0.0453. The van der Waals surface area contributed by atoms with E-state index in [-0.39, 0.29) is 16.9 Å². The van der Waals surface area contributed by atoms with Gasteiger partial charge in [-0.3, -0.25) is 0 Å². The van der Waals surface area contributed by atoms with Gasteiger partial charge in [-0.2, -0.15) is 0 Å². The van der Waals surface area contributed by atoms with Crippen molar-refractivity contribution in [2.45, 2.75) is 30.8 Å². The molecule has 0 heterocycles. The fourth-order valence-corrected chi connectivity index (χ4v) is 3.59. The maximum absolute atomic E-state index is 12.0. The van der Waals surface area contributed by atoms with Gasteiger partial charge in [-0.15, -0.1) is 0 Å². The Morgan fingerprint density at radius 1 is 1.44 bits per heavy atom. The highest BCUT2D eigenvalue weighted by atomic mass is 79.9. The Hall–Kier alpha value is -0.430. The number of halogens is 1. The second-order valence-corrected chi connectivity index (χ2v) is 7.38. The Morgan fingerprint density at radius 2 is 2.11 bits per heavy atom. The van der Waals surface area contributed by atoms with Crippen LogP contribution in [-0.4, -0.2) is 26.2 Å². The Balaban J connectivity index is 2.03. The number of hydrogen-bond donors (Lipinski definition) is 2. The van der Waals surface area contributed by atoms with Gasteiger partial charge in [-0.05, 0) is 43.4 Å². The summed E-state index contributed by atoms with van der Waals surface area (Å²) < 4.78 is 27.4. The molecule has 100 valence electrons. The van der Waals surface area contributed by atoms with Gasteiger partial charge in [0.25, 0.3) is 0 Å². The molecule has 0 amide bonds. The zero-order valence-corrected chi connectivity index (χ0v) is 12.5. The Kier molecular flexibility index (Phi) is 4.11. The molecule has 2 rings (SSSR count). The molecule has 1 fully saturated rings. The Bertz CT molecular complexity index is 538. The van der Waals surface area contributed by atoms with Crippen LogP contribution in [0.4, 0.5) is 0 Å². The molecule has 0 spiro atoms. The van der Waals surface area contributed by atoms with Gasteiger partial charge in [0, 0.05) is 11.0 Å². The average Bonchev–Trinajstić information content (AvgIpc) is 2.26. The first-order valence-electron chi connectivity index (χ1n) is 5.82. The van der Waals surface area contributed by atoms with E-state index in [0.29, 0.717) is 19.4 Å². The number of aryl methyl sites for hydroxylation is 1. The molecule has 1 saturated carbocycles. The molecule has 0 saturated heterocycles. The van der Waals surface area contributed by atoms with Gasteiger partial charge < -0.3 is 5.11 Å². The quantitative estimate of drug-likeness (QED) is 0.883. The summed E-state index contributed by atoms with van der Waals surface area (Å²) in [5.41, 5.74) is 0.996. The van der Waals surface area contributed by atoms with Crippen molar-refractivity contribution in [3.63, 3.8) is 0 Å². The van der Waals surface area contributed by atoms with Crippen molar-refractivity contribution in [2.75, 3.05) is 6.54 Å². The van der Waals surface area contributed by atoms with Crippen molar-refractivity contribution in [1.82, 2.24) is 4.72 Å². The van der Waals surface area contributed by atoms with Crippen molar-refractivity contribution in [2.24, 2.45) is 5.92 Å². The van der Waals surface area contributed by atoms with Crippen molar-refractivity contribution in [1.29, 1.82) is 0 Å². The molecule has 0 bridgehead atoms. The number of aliphatic hydroxyl groups excluding tert-OH is 1. The predicted octanol–water partition coefficient (Wildman–Crippen LogP) is 1.81. The van der Waals surface area contributed by atoms with Crippen LogP contribution in [0.3, 0.4) is 0 Å². The van der Waals surface area contributed by atoms with Crippen molar-refractivity contribution < 1.29 is 13.5 Å². The van der Waals surface area contributed by atoms with Gasteiger partial charge >= 0.3 is 0 Å². The summed E-state index contributed by atoms with van der Waals surface area (Å²) in [6, 6.07) is 4.97. The summed E-state index contributed by atoms with van der Waals surface area (Å²) in [5, 5.41) is 9.15. The van der Waals surface area contributed by atoms with E-state index in [9.17, 15) is 8.42 Å².